The minimum absolute atomic E-state index is 0.244. The van der Waals surface area contributed by atoms with Crippen molar-refractivity contribution in [3.63, 3.8) is 0 Å². The van der Waals surface area contributed by atoms with Crippen LogP contribution in [-0.4, -0.2) is 42.7 Å². The number of anilines is 3. The third kappa shape index (κ3) is 5.69. The zero-order valence-electron chi connectivity index (χ0n) is 19.0. The molecule has 1 aromatic heterocycles. The third-order valence-electron chi connectivity index (χ3n) is 5.99. The molecule has 2 amide bonds. The average molecular weight is 444 g/mol. The molecule has 0 atom stereocenters. The molecular formula is C25H29N7O. The number of nitriles is 1. The average Bonchev–Trinajstić information content (AvgIpc) is 2.83. The molecule has 1 saturated carbocycles. The number of nitrogens with zero attached hydrogens (tertiary/aromatic N) is 4. The largest absolute Gasteiger partial charge is 0.362 e. The van der Waals surface area contributed by atoms with Crippen LogP contribution in [0.1, 0.15) is 31.2 Å². The van der Waals surface area contributed by atoms with Gasteiger partial charge in [0.1, 0.15) is 5.82 Å². The van der Waals surface area contributed by atoms with Gasteiger partial charge < -0.3 is 20.9 Å². The topological polar surface area (TPSA) is 106 Å². The maximum Gasteiger partial charge on any atom is 0.319 e. The maximum atomic E-state index is 12.2. The lowest BCUT2D eigenvalue weighted by Gasteiger charge is -2.29. The van der Waals surface area contributed by atoms with Gasteiger partial charge in [-0.2, -0.15) is 10.2 Å². The van der Waals surface area contributed by atoms with Crippen molar-refractivity contribution < 1.29 is 4.79 Å². The van der Waals surface area contributed by atoms with Crippen molar-refractivity contribution >= 4 is 34.4 Å². The molecule has 1 aliphatic rings. The minimum atomic E-state index is -0.244. The van der Waals surface area contributed by atoms with E-state index in [0.717, 1.165) is 42.4 Å². The maximum absolute atomic E-state index is 12.2. The number of carbonyl (C=O) groups excluding carboxylic acids is 1. The highest BCUT2D eigenvalue weighted by molar-refractivity contribution is 5.90. The number of para-hydroxylation sites is 1. The van der Waals surface area contributed by atoms with Crippen LogP contribution in [0.15, 0.2) is 48.5 Å². The molecule has 2 aromatic carbocycles. The van der Waals surface area contributed by atoms with Gasteiger partial charge in [-0.3, -0.25) is 0 Å². The van der Waals surface area contributed by atoms with E-state index in [4.69, 9.17) is 15.2 Å². The lowest BCUT2D eigenvalue weighted by molar-refractivity contribution is 0.246. The summed E-state index contributed by atoms with van der Waals surface area (Å²) in [5.41, 5.74) is 2.07. The van der Waals surface area contributed by atoms with Crippen molar-refractivity contribution in [2.75, 3.05) is 36.2 Å². The van der Waals surface area contributed by atoms with Gasteiger partial charge in [0, 0.05) is 37.8 Å². The van der Waals surface area contributed by atoms with E-state index >= 15 is 0 Å². The van der Waals surface area contributed by atoms with E-state index in [2.05, 4.69) is 22.0 Å². The molecule has 0 aliphatic heterocycles. The molecular weight excluding hydrogens is 414 g/mol. The first-order valence-corrected chi connectivity index (χ1v) is 11.3. The molecule has 4 rings (SSSR count). The van der Waals surface area contributed by atoms with E-state index in [1.807, 2.05) is 43.3 Å². The second-order valence-corrected chi connectivity index (χ2v) is 8.67. The third-order valence-corrected chi connectivity index (χ3v) is 5.99. The van der Waals surface area contributed by atoms with Gasteiger partial charge in [0.15, 0.2) is 0 Å². The van der Waals surface area contributed by atoms with E-state index < -0.39 is 0 Å². The predicted octanol–water partition coefficient (Wildman–Crippen LogP) is 4.36. The Hall–Kier alpha value is -3.86. The molecule has 1 aliphatic carbocycles. The Bertz CT molecular complexity index is 1160. The number of benzene rings is 2. The summed E-state index contributed by atoms with van der Waals surface area (Å²) >= 11 is 0. The summed E-state index contributed by atoms with van der Waals surface area (Å²) in [7, 11) is 3.99. The quantitative estimate of drug-likeness (QED) is 0.523. The van der Waals surface area contributed by atoms with Crippen molar-refractivity contribution in [1.82, 2.24) is 15.3 Å². The fraction of sp³-hybridized carbons (Fsp3) is 0.360. The first kappa shape index (κ1) is 22.3. The molecule has 1 fully saturated rings. The van der Waals surface area contributed by atoms with Gasteiger partial charge in [-0.25, -0.2) is 9.78 Å². The Morgan fingerprint density at radius 3 is 2.64 bits per heavy atom. The zero-order chi connectivity index (χ0) is 23.2. The van der Waals surface area contributed by atoms with Gasteiger partial charge in [0.2, 0.25) is 5.95 Å². The highest BCUT2D eigenvalue weighted by atomic mass is 16.2. The van der Waals surface area contributed by atoms with Crippen LogP contribution < -0.4 is 20.9 Å². The van der Waals surface area contributed by atoms with Crippen molar-refractivity contribution in [1.29, 1.82) is 5.26 Å². The Morgan fingerprint density at radius 2 is 1.88 bits per heavy atom. The molecule has 8 nitrogen and oxygen atoms in total. The van der Waals surface area contributed by atoms with E-state index in [1.54, 1.807) is 24.3 Å². The molecule has 1 heterocycles. The van der Waals surface area contributed by atoms with Gasteiger partial charge in [0.05, 0.1) is 17.1 Å². The SMILES string of the molecule is CN(C)c1nc(N[C@H]2CC[C@@H](CNC(=O)Nc3cccc(C#N)c3)CC2)nc2ccccc12. The lowest BCUT2D eigenvalue weighted by Crippen LogP contribution is -2.36. The lowest BCUT2D eigenvalue weighted by atomic mass is 9.86. The van der Waals surface area contributed by atoms with Crippen LogP contribution >= 0.6 is 0 Å². The van der Waals surface area contributed by atoms with E-state index in [1.165, 1.54) is 0 Å². The molecule has 3 aromatic rings. The Kier molecular flexibility index (Phi) is 6.89. The number of carbonyl (C=O) groups is 1. The van der Waals surface area contributed by atoms with Gasteiger partial charge in [0.25, 0.3) is 0 Å². The fourth-order valence-electron chi connectivity index (χ4n) is 4.24. The summed E-state index contributed by atoms with van der Waals surface area (Å²) in [6.07, 6.45) is 4.06. The number of amides is 2. The van der Waals surface area contributed by atoms with Crippen LogP contribution in [0.5, 0.6) is 0 Å². The molecule has 8 heteroatoms. The smallest absolute Gasteiger partial charge is 0.319 e. The van der Waals surface area contributed by atoms with Gasteiger partial charge in [-0.15, -0.1) is 0 Å². The van der Waals surface area contributed by atoms with E-state index in [-0.39, 0.29) is 6.03 Å². The summed E-state index contributed by atoms with van der Waals surface area (Å²) < 4.78 is 0. The Morgan fingerprint density at radius 1 is 1.09 bits per heavy atom. The number of fused-ring (bicyclic) bond motifs is 1. The summed E-state index contributed by atoms with van der Waals surface area (Å²) in [6.45, 7) is 0.633. The van der Waals surface area contributed by atoms with Crippen LogP contribution in [0, 0.1) is 17.2 Å². The van der Waals surface area contributed by atoms with Crippen molar-refractivity contribution in [2.45, 2.75) is 31.7 Å². The molecule has 0 bridgehead atoms. The van der Waals surface area contributed by atoms with Gasteiger partial charge in [-0.05, 0) is 61.9 Å². The first-order chi connectivity index (χ1) is 16.0. The predicted molar refractivity (Wildman–Crippen MR) is 131 cm³/mol. The van der Waals surface area contributed by atoms with Crippen molar-refractivity contribution in [3.8, 4) is 6.07 Å². The molecule has 3 N–H and O–H groups in total. The highest BCUT2D eigenvalue weighted by Crippen LogP contribution is 2.28. The number of hydrogen-bond donors (Lipinski definition) is 3. The molecule has 0 spiro atoms. The first-order valence-electron chi connectivity index (χ1n) is 11.3. The van der Waals surface area contributed by atoms with E-state index in [9.17, 15) is 4.79 Å². The number of hydrogen-bond acceptors (Lipinski definition) is 6. The minimum Gasteiger partial charge on any atom is -0.362 e. The summed E-state index contributed by atoms with van der Waals surface area (Å²) in [5.74, 6) is 2.01. The summed E-state index contributed by atoms with van der Waals surface area (Å²) in [5, 5.41) is 19.3. The standard InChI is InChI=1S/C25H29N7O/c1-32(2)23-21-8-3-4-9-22(21)30-24(31-23)28-19-12-10-17(11-13-19)16-27-25(33)29-20-7-5-6-18(14-20)15-26/h3-9,14,17,19H,10-13,16H2,1-2H3,(H2,27,29,33)(H,28,30,31)/t17-,19+. The van der Waals surface area contributed by atoms with Crippen LogP contribution in [0.3, 0.4) is 0 Å². The summed E-state index contributed by atoms with van der Waals surface area (Å²) in [4.78, 5) is 23.7. The van der Waals surface area contributed by atoms with Crippen LogP contribution in [0.25, 0.3) is 10.9 Å². The Labute approximate surface area is 194 Å². The number of aromatic nitrogens is 2. The molecule has 0 unspecified atom stereocenters. The normalized spacial score (nSPS) is 17.7. The molecule has 33 heavy (non-hydrogen) atoms. The Balaban J connectivity index is 1.27. The van der Waals surface area contributed by atoms with Crippen LogP contribution in [0.2, 0.25) is 0 Å². The number of nitrogens with one attached hydrogen (secondary N) is 3. The number of urea groups is 1. The second-order valence-electron chi connectivity index (χ2n) is 8.67. The van der Waals surface area contributed by atoms with Crippen molar-refractivity contribution in [3.05, 3.63) is 54.1 Å². The highest BCUT2D eigenvalue weighted by Gasteiger charge is 2.22. The molecule has 0 radical (unpaired) electrons. The summed E-state index contributed by atoms with van der Waals surface area (Å²) in [6, 6.07) is 17.1. The molecule has 170 valence electrons. The van der Waals surface area contributed by atoms with Crippen molar-refractivity contribution in [2.24, 2.45) is 5.92 Å². The number of rotatable bonds is 6. The second kappa shape index (κ2) is 10.2. The fourth-order valence-corrected chi connectivity index (χ4v) is 4.24. The van der Waals surface area contributed by atoms with E-state index in [0.29, 0.717) is 35.7 Å². The zero-order valence-corrected chi connectivity index (χ0v) is 19.0. The molecule has 0 saturated heterocycles. The van der Waals surface area contributed by atoms with Crippen LogP contribution in [-0.2, 0) is 0 Å². The monoisotopic (exact) mass is 443 g/mol. The van der Waals surface area contributed by atoms with Gasteiger partial charge >= 0.3 is 6.03 Å². The van der Waals surface area contributed by atoms with Crippen LogP contribution in [0.4, 0.5) is 22.2 Å². The van der Waals surface area contributed by atoms with Gasteiger partial charge in [-0.1, -0.05) is 18.2 Å².